The third-order valence-corrected chi connectivity index (χ3v) is 3.87. The largest absolute Gasteiger partial charge is 0.379 e. The van der Waals surface area contributed by atoms with Crippen LogP contribution in [0.3, 0.4) is 0 Å². The molecule has 1 fully saturated rings. The number of hydrogen-bond acceptors (Lipinski definition) is 3. The molecule has 1 aromatic heterocycles. The summed E-state index contributed by atoms with van der Waals surface area (Å²) in [5, 5.41) is 5.22. The number of rotatable bonds is 3. The van der Waals surface area contributed by atoms with E-state index in [1.54, 1.807) is 19.3 Å². The van der Waals surface area contributed by atoms with Crippen LogP contribution < -0.4 is 5.32 Å². The SMILES string of the molecule is CC(F)(CC1COCCN1)c1cccc2ccncc12. The van der Waals surface area contributed by atoms with E-state index >= 15 is 4.39 Å². The summed E-state index contributed by atoms with van der Waals surface area (Å²) in [7, 11) is 0. The van der Waals surface area contributed by atoms with E-state index in [1.165, 1.54) is 0 Å². The number of pyridine rings is 1. The highest BCUT2D eigenvalue weighted by Crippen LogP contribution is 2.35. The monoisotopic (exact) mass is 274 g/mol. The average molecular weight is 274 g/mol. The van der Waals surface area contributed by atoms with Crippen molar-refractivity contribution >= 4 is 10.8 Å². The Morgan fingerprint density at radius 1 is 1.45 bits per heavy atom. The first-order valence-electron chi connectivity index (χ1n) is 7.00. The first-order valence-corrected chi connectivity index (χ1v) is 7.00. The maximum atomic E-state index is 15.2. The summed E-state index contributed by atoms with van der Waals surface area (Å²) in [4.78, 5) is 4.13. The van der Waals surface area contributed by atoms with E-state index < -0.39 is 5.67 Å². The van der Waals surface area contributed by atoms with Crippen molar-refractivity contribution in [2.24, 2.45) is 0 Å². The molecule has 2 heterocycles. The molecule has 1 N–H and O–H groups in total. The van der Waals surface area contributed by atoms with E-state index in [4.69, 9.17) is 4.74 Å². The Balaban J connectivity index is 1.91. The lowest BCUT2D eigenvalue weighted by molar-refractivity contribution is 0.0478. The van der Waals surface area contributed by atoms with E-state index in [2.05, 4.69) is 10.3 Å². The zero-order valence-corrected chi connectivity index (χ0v) is 11.6. The number of benzene rings is 1. The molecule has 0 amide bonds. The number of morpholine rings is 1. The molecular formula is C16H19FN2O. The van der Waals surface area contributed by atoms with Crippen LogP contribution in [0.15, 0.2) is 36.7 Å². The minimum absolute atomic E-state index is 0.0608. The van der Waals surface area contributed by atoms with Crippen molar-refractivity contribution in [3.05, 3.63) is 42.2 Å². The van der Waals surface area contributed by atoms with Gasteiger partial charge in [-0.25, -0.2) is 4.39 Å². The molecule has 106 valence electrons. The van der Waals surface area contributed by atoms with Crippen molar-refractivity contribution in [1.82, 2.24) is 10.3 Å². The van der Waals surface area contributed by atoms with E-state index in [1.807, 2.05) is 24.3 Å². The summed E-state index contributed by atoms with van der Waals surface area (Å²) in [5.41, 5.74) is -0.698. The number of alkyl halides is 1. The minimum Gasteiger partial charge on any atom is -0.379 e. The van der Waals surface area contributed by atoms with Gasteiger partial charge in [0.25, 0.3) is 0 Å². The molecule has 0 aliphatic carbocycles. The second-order valence-electron chi connectivity index (χ2n) is 5.53. The number of halogens is 1. The first-order chi connectivity index (χ1) is 9.67. The number of aromatic nitrogens is 1. The number of ether oxygens (including phenoxy) is 1. The molecule has 1 saturated heterocycles. The lowest BCUT2D eigenvalue weighted by Gasteiger charge is -2.30. The van der Waals surface area contributed by atoms with Gasteiger partial charge in [0.2, 0.25) is 0 Å². The molecule has 20 heavy (non-hydrogen) atoms. The predicted molar refractivity (Wildman–Crippen MR) is 77.4 cm³/mol. The number of hydrogen-bond donors (Lipinski definition) is 1. The fourth-order valence-corrected chi connectivity index (χ4v) is 2.89. The zero-order chi connectivity index (χ0) is 14.0. The summed E-state index contributed by atoms with van der Waals surface area (Å²) >= 11 is 0. The second-order valence-corrected chi connectivity index (χ2v) is 5.53. The summed E-state index contributed by atoms with van der Waals surface area (Å²) < 4.78 is 20.6. The molecule has 2 unspecified atom stereocenters. The summed E-state index contributed by atoms with van der Waals surface area (Å²) in [6, 6.07) is 7.72. The molecule has 0 spiro atoms. The summed E-state index contributed by atoms with van der Waals surface area (Å²) in [5.74, 6) is 0. The molecule has 1 aromatic carbocycles. The lowest BCUT2D eigenvalue weighted by atomic mass is 9.88. The van der Waals surface area contributed by atoms with Crippen molar-refractivity contribution in [3.8, 4) is 0 Å². The maximum absolute atomic E-state index is 15.2. The maximum Gasteiger partial charge on any atom is 0.135 e. The Hall–Kier alpha value is -1.52. The van der Waals surface area contributed by atoms with Gasteiger partial charge < -0.3 is 10.1 Å². The second kappa shape index (κ2) is 5.46. The molecule has 3 rings (SSSR count). The van der Waals surface area contributed by atoms with Crippen molar-refractivity contribution in [1.29, 1.82) is 0 Å². The highest BCUT2D eigenvalue weighted by molar-refractivity contribution is 5.85. The number of fused-ring (bicyclic) bond motifs is 1. The highest BCUT2D eigenvalue weighted by Gasteiger charge is 2.32. The molecule has 0 radical (unpaired) electrons. The molecular weight excluding hydrogens is 255 g/mol. The van der Waals surface area contributed by atoms with Gasteiger partial charge in [-0.15, -0.1) is 0 Å². The van der Waals surface area contributed by atoms with Gasteiger partial charge in [-0.1, -0.05) is 18.2 Å². The standard InChI is InChI=1S/C16H19FN2O/c1-16(17,9-13-11-20-8-7-19-13)15-4-2-3-12-5-6-18-10-14(12)15/h2-6,10,13,19H,7-9,11H2,1H3. The Morgan fingerprint density at radius 3 is 3.15 bits per heavy atom. The third-order valence-electron chi connectivity index (χ3n) is 3.87. The summed E-state index contributed by atoms with van der Waals surface area (Å²) in [6.07, 6.45) is 3.88. The molecule has 1 aliphatic heterocycles. The van der Waals surface area contributed by atoms with Crippen LogP contribution in [0.4, 0.5) is 4.39 Å². The van der Waals surface area contributed by atoms with Gasteiger partial charge in [-0.3, -0.25) is 4.98 Å². The molecule has 4 heteroatoms. The fourth-order valence-electron chi connectivity index (χ4n) is 2.89. The normalized spacial score (nSPS) is 22.6. The smallest absolute Gasteiger partial charge is 0.135 e. The Bertz CT molecular complexity index is 589. The lowest BCUT2D eigenvalue weighted by Crippen LogP contribution is -2.44. The van der Waals surface area contributed by atoms with Gasteiger partial charge in [0, 0.05) is 36.8 Å². The van der Waals surface area contributed by atoms with Crippen molar-refractivity contribution < 1.29 is 9.13 Å². The van der Waals surface area contributed by atoms with Gasteiger partial charge in [0.15, 0.2) is 0 Å². The number of nitrogens with zero attached hydrogens (tertiary/aromatic N) is 1. The van der Waals surface area contributed by atoms with Crippen molar-refractivity contribution in [2.75, 3.05) is 19.8 Å². The van der Waals surface area contributed by atoms with Gasteiger partial charge in [0.1, 0.15) is 5.67 Å². The van der Waals surface area contributed by atoms with Crippen LogP contribution in [0.1, 0.15) is 18.9 Å². The highest BCUT2D eigenvalue weighted by atomic mass is 19.1. The van der Waals surface area contributed by atoms with E-state index in [9.17, 15) is 0 Å². The van der Waals surface area contributed by atoms with Crippen LogP contribution in [0, 0.1) is 0 Å². The molecule has 1 aliphatic rings. The Morgan fingerprint density at radius 2 is 2.35 bits per heavy atom. The Kier molecular flexibility index (Phi) is 3.68. The van der Waals surface area contributed by atoms with Crippen molar-refractivity contribution in [2.45, 2.75) is 25.1 Å². The van der Waals surface area contributed by atoms with Gasteiger partial charge in [0.05, 0.1) is 13.2 Å². The van der Waals surface area contributed by atoms with Crippen LogP contribution in [0.5, 0.6) is 0 Å². The zero-order valence-electron chi connectivity index (χ0n) is 11.6. The molecule has 0 bridgehead atoms. The third kappa shape index (κ3) is 2.67. The first kappa shape index (κ1) is 13.5. The van der Waals surface area contributed by atoms with Crippen LogP contribution in [-0.2, 0) is 10.4 Å². The van der Waals surface area contributed by atoms with Crippen molar-refractivity contribution in [3.63, 3.8) is 0 Å². The molecule has 2 atom stereocenters. The molecule has 3 nitrogen and oxygen atoms in total. The van der Waals surface area contributed by atoms with Crippen LogP contribution in [0.25, 0.3) is 10.8 Å². The van der Waals surface area contributed by atoms with E-state index in [0.717, 1.165) is 17.3 Å². The Labute approximate surface area is 118 Å². The minimum atomic E-state index is -1.40. The van der Waals surface area contributed by atoms with Gasteiger partial charge >= 0.3 is 0 Å². The van der Waals surface area contributed by atoms with Gasteiger partial charge in [-0.2, -0.15) is 0 Å². The quantitative estimate of drug-likeness (QED) is 0.934. The number of nitrogens with one attached hydrogen (secondary N) is 1. The van der Waals surface area contributed by atoms with Crippen LogP contribution in [0.2, 0.25) is 0 Å². The van der Waals surface area contributed by atoms with Crippen LogP contribution >= 0.6 is 0 Å². The van der Waals surface area contributed by atoms with E-state index in [0.29, 0.717) is 25.2 Å². The summed E-state index contributed by atoms with van der Waals surface area (Å²) in [6.45, 7) is 3.71. The predicted octanol–water partition coefficient (Wildman–Crippen LogP) is 2.80. The van der Waals surface area contributed by atoms with Gasteiger partial charge in [-0.05, 0) is 23.9 Å². The molecule has 2 aromatic rings. The van der Waals surface area contributed by atoms with Crippen LogP contribution in [-0.4, -0.2) is 30.8 Å². The van der Waals surface area contributed by atoms with E-state index in [-0.39, 0.29) is 6.04 Å². The average Bonchev–Trinajstić information content (AvgIpc) is 2.47. The molecule has 0 saturated carbocycles. The fraction of sp³-hybridized carbons (Fsp3) is 0.438. The topological polar surface area (TPSA) is 34.1 Å².